The lowest BCUT2D eigenvalue weighted by Gasteiger charge is -2.06. The fraction of sp³-hybridized carbons (Fsp3) is 0.250. The first kappa shape index (κ1) is 9.94. The SMILES string of the molecule is CP(C)(=O)c1ccc(F)c(Br)c1. The van der Waals surface area contributed by atoms with Crippen molar-refractivity contribution in [1.82, 2.24) is 0 Å². The lowest BCUT2D eigenvalue weighted by molar-refractivity contribution is 0.588. The van der Waals surface area contributed by atoms with E-state index in [0.29, 0.717) is 9.78 Å². The van der Waals surface area contributed by atoms with E-state index in [1.54, 1.807) is 25.5 Å². The normalized spacial score (nSPS) is 11.7. The molecule has 12 heavy (non-hydrogen) atoms. The van der Waals surface area contributed by atoms with Crippen LogP contribution < -0.4 is 5.30 Å². The smallest absolute Gasteiger partial charge is 0.137 e. The van der Waals surface area contributed by atoms with Crippen LogP contribution >= 0.6 is 23.1 Å². The van der Waals surface area contributed by atoms with Gasteiger partial charge in [-0.3, -0.25) is 0 Å². The van der Waals surface area contributed by atoms with E-state index in [2.05, 4.69) is 15.9 Å². The summed E-state index contributed by atoms with van der Waals surface area (Å²) < 4.78 is 24.7. The van der Waals surface area contributed by atoms with Crippen LogP contribution in [0.2, 0.25) is 0 Å². The largest absolute Gasteiger partial charge is 0.319 e. The molecule has 1 nitrogen and oxygen atoms in total. The molecule has 0 N–H and O–H groups in total. The van der Waals surface area contributed by atoms with Crippen molar-refractivity contribution in [2.75, 3.05) is 13.3 Å². The first-order chi connectivity index (χ1) is 5.41. The Morgan fingerprint density at radius 1 is 1.42 bits per heavy atom. The Morgan fingerprint density at radius 3 is 2.42 bits per heavy atom. The Balaban J connectivity index is 3.23. The van der Waals surface area contributed by atoms with Gasteiger partial charge in [-0.1, -0.05) is 0 Å². The highest BCUT2D eigenvalue weighted by Gasteiger charge is 2.12. The van der Waals surface area contributed by atoms with Crippen LogP contribution in [0.3, 0.4) is 0 Å². The van der Waals surface area contributed by atoms with Crippen molar-refractivity contribution < 1.29 is 8.96 Å². The van der Waals surface area contributed by atoms with E-state index in [9.17, 15) is 8.96 Å². The Labute approximate surface area is 79.5 Å². The molecular formula is C8H9BrFOP. The third-order valence-corrected chi connectivity index (χ3v) is 3.65. The van der Waals surface area contributed by atoms with Crippen molar-refractivity contribution in [1.29, 1.82) is 0 Å². The Morgan fingerprint density at radius 2 is 2.00 bits per heavy atom. The summed E-state index contributed by atoms with van der Waals surface area (Å²) in [5, 5.41) is 0.691. The molecule has 4 heteroatoms. The van der Waals surface area contributed by atoms with Crippen molar-refractivity contribution in [3.05, 3.63) is 28.5 Å². The predicted molar refractivity (Wildman–Crippen MR) is 53.2 cm³/mol. The van der Waals surface area contributed by atoms with Crippen LogP contribution in [0.25, 0.3) is 0 Å². The second kappa shape index (κ2) is 3.31. The van der Waals surface area contributed by atoms with E-state index >= 15 is 0 Å². The Bertz CT molecular complexity index is 345. The second-order valence-electron chi connectivity index (χ2n) is 2.95. The number of hydrogen-bond donors (Lipinski definition) is 0. The Hall–Kier alpha value is -0.140. The summed E-state index contributed by atoms with van der Waals surface area (Å²) in [7, 11) is -2.26. The first-order valence-electron chi connectivity index (χ1n) is 3.42. The lowest BCUT2D eigenvalue weighted by Crippen LogP contribution is -2.02. The lowest BCUT2D eigenvalue weighted by atomic mass is 10.3. The summed E-state index contributed by atoms with van der Waals surface area (Å²) in [5.74, 6) is -0.327. The van der Waals surface area contributed by atoms with E-state index in [1.807, 2.05) is 0 Å². The molecule has 0 radical (unpaired) electrons. The average Bonchev–Trinajstić information content (AvgIpc) is 1.92. The monoisotopic (exact) mass is 250 g/mol. The quantitative estimate of drug-likeness (QED) is 0.701. The molecule has 0 aliphatic carbocycles. The second-order valence-corrected chi connectivity index (χ2v) is 7.02. The molecule has 0 unspecified atom stereocenters. The minimum absolute atomic E-state index is 0.327. The zero-order valence-electron chi connectivity index (χ0n) is 6.84. The number of halogens is 2. The van der Waals surface area contributed by atoms with Crippen LogP contribution in [0, 0.1) is 5.82 Å². The van der Waals surface area contributed by atoms with Crippen LogP contribution in [0.5, 0.6) is 0 Å². The van der Waals surface area contributed by atoms with Gasteiger partial charge in [-0.2, -0.15) is 0 Å². The molecule has 0 aliphatic heterocycles. The summed E-state index contributed by atoms with van der Waals surface area (Å²) >= 11 is 3.04. The van der Waals surface area contributed by atoms with Gasteiger partial charge in [0.1, 0.15) is 13.0 Å². The van der Waals surface area contributed by atoms with E-state index in [-0.39, 0.29) is 5.82 Å². The maximum atomic E-state index is 12.8. The molecule has 1 aromatic carbocycles. The van der Waals surface area contributed by atoms with Crippen LogP contribution in [0.4, 0.5) is 4.39 Å². The van der Waals surface area contributed by atoms with Gasteiger partial charge in [0.25, 0.3) is 0 Å². The molecule has 0 heterocycles. The summed E-state index contributed by atoms with van der Waals surface area (Å²) in [6.45, 7) is 3.32. The highest BCUT2D eigenvalue weighted by atomic mass is 79.9. The molecule has 0 aromatic heterocycles. The highest BCUT2D eigenvalue weighted by Crippen LogP contribution is 2.35. The minimum atomic E-state index is -2.26. The molecule has 1 aromatic rings. The highest BCUT2D eigenvalue weighted by molar-refractivity contribution is 9.10. The van der Waals surface area contributed by atoms with E-state index in [4.69, 9.17) is 0 Å². The van der Waals surface area contributed by atoms with E-state index in [0.717, 1.165) is 0 Å². The van der Waals surface area contributed by atoms with E-state index in [1.165, 1.54) is 6.07 Å². The maximum absolute atomic E-state index is 12.8. The fourth-order valence-corrected chi connectivity index (χ4v) is 2.25. The maximum Gasteiger partial charge on any atom is 0.137 e. The molecular weight excluding hydrogens is 242 g/mol. The van der Waals surface area contributed by atoms with Gasteiger partial charge >= 0.3 is 0 Å². The van der Waals surface area contributed by atoms with Gasteiger partial charge in [0.15, 0.2) is 0 Å². The Kier molecular flexibility index (Phi) is 2.74. The zero-order chi connectivity index (χ0) is 9.35. The first-order valence-corrected chi connectivity index (χ1v) is 6.81. The fourth-order valence-electron chi connectivity index (χ4n) is 0.820. The molecule has 66 valence electrons. The van der Waals surface area contributed by atoms with Crippen molar-refractivity contribution in [2.24, 2.45) is 0 Å². The number of benzene rings is 1. The van der Waals surface area contributed by atoms with Gasteiger partial charge in [0.05, 0.1) is 4.47 Å². The molecule has 0 bridgehead atoms. The van der Waals surface area contributed by atoms with E-state index < -0.39 is 7.14 Å². The van der Waals surface area contributed by atoms with Crippen LogP contribution in [-0.4, -0.2) is 13.3 Å². The average molecular weight is 251 g/mol. The van der Waals surface area contributed by atoms with Gasteiger partial charge < -0.3 is 4.57 Å². The number of rotatable bonds is 1. The molecule has 0 saturated carbocycles. The van der Waals surface area contributed by atoms with Crippen LogP contribution in [0.1, 0.15) is 0 Å². The van der Waals surface area contributed by atoms with Gasteiger partial charge in [-0.15, -0.1) is 0 Å². The molecule has 0 aliphatic rings. The van der Waals surface area contributed by atoms with Crippen LogP contribution in [0.15, 0.2) is 22.7 Å². The molecule has 1 rings (SSSR count). The van der Waals surface area contributed by atoms with Gasteiger partial charge in [0, 0.05) is 5.30 Å². The minimum Gasteiger partial charge on any atom is -0.319 e. The zero-order valence-corrected chi connectivity index (χ0v) is 9.32. The molecule has 0 atom stereocenters. The standard InChI is InChI=1S/C8H9BrFOP/c1-12(2,11)6-3-4-8(10)7(9)5-6/h3-5H,1-2H3. The third-order valence-electron chi connectivity index (χ3n) is 1.52. The van der Waals surface area contributed by atoms with Gasteiger partial charge in [-0.05, 0) is 47.5 Å². The molecule has 0 spiro atoms. The van der Waals surface area contributed by atoms with Crippen LogP contribution in [-0.2, 0) is 4.57 Å². The van der Waals surface area contributed by atoms with Gasteiger partial charge in [-0.25, -0.2) is 4.39 Å². The van der Waals surface area contributed by atoms with Gasteiger partial charge in [0.2, 0.25) is 0 Å². The molecule has 0 saturated heterocycles. The summed E-state index contributed by atoms with van der Waals surface area (Å²) in [5.41, 5.74) is 0. The molecule has 0 amide bonds. The van der Waals surface area contributed by atoms with Crippen molar-refractivity contribution in [3.8, 4) is 0 Å². The topological polar surface area (TPSA) is 17.1 Å². The summed E-state index contributed by atoms with van der Waals surface area (Å²) in [4.78, 5) is 0. The summed E-state index contributed by atoms with van der Waals surface area (Å²) in [6, 6.07) is 4.44. The van der Waals surface area contributed by atoms with Crippen molar-refractivity contribution in [2.45, 2.75) is 0 Å². The number of hydrogen-bond acceptors (Lipinski definition) is 1. The van der Waals surface area contributed by atoms with Crippen molar-refractivity contribution >= 4 is 28.4 Å². The molecule has 0 fully saturated rings. The van der Waals surface area contributed by atoms with Crippen molar-refractivity contribution in [3.63, 3.8) is 0 Å². The predicted octanol–water partition coefficient (Wildman–Crippen LogP) is 2.84. The summed E-state index contributed by atoms with van der Waals surface area (Å²) in [6.07, 6.45) is 0. The third kappa shape index (κ3) is 2.18.